The van der Waals surface area contributed by atoms with Crippen LogP contribution in [0.4, 0.5) is 5.82 Å². The number of hydrogen-bond acceptors (Lipinski definition) is 8. The first kappa shape index (κ1) is 22.0. The van der Waals surface area contributed by atoms with Crippen LogP contribution in [0.5, 0.6) is 11.6 Å². The van der Waals surface area contributed by atoms with Crippen LogP contribution in [0, 0.1) is 0 Å². The van der Waals surface area contributed by atoms with Crippen molar-refractivity contribution in [2.75, 3.05) is 11.9 Å². The van der Waals surface area contributed by atoms with Crippen molar-refractivity contribution in [2.24, 2.45) is 0 Å². The predicted molar refractivity (Wildman–Crippen MR) is 126 cm³/mol. The molecule has 0 bridgehead atoms. The number of carbonyl (C=O) groups is 1. The smallest absolute Gasteiger partial charge is 0.219 e. The van der Waals surface area contributed by atoms with Crippen LogP contribution in [0.15, 0.2) is 61.2 Å². The van der Waals surface area contributed by atoms with Crippen molar-refractivity contribution in [2.45, 2.75) is 38.0 Å². The number of aromatic nitrogens is 4. The van der Waals surface area contributed by atoms with Crippen LogP contribution < -0.4 is 10.1 Å². The molecule has 9 nitrogen and oxygen atoms in total. The van der Waals surface area contributed by atoms with Crippen molar-refractivity contribution in [3.63, 3.8) is 0 Å². The number of hydrogen-bond donors (Lipinski definition) is 3. The third kappa shape index (κ3) is 4.61. The largest absolute Gasteiger partial charge is 0.439 e. The molecule has 1 saturated heterocycles. The zero-order chi connectivity index (χ0) is 23.5. The number of rotatable bonds is 7. The zero-order valence-electron chi connectivity index (χ0n) is 18.6. The van der Waals surface area contributed by atoms with E-state index < -0.39 is 6.10 Å². The summed E-state index contributed by atoms with van der Waals surface area (Å²) in [6.07, 6.45) is 5.69. The van der Waals surface area contributed by atoms with Crippen LogP contribution in [-0.2, 0) is 4.74 Å². The predicted octanol–water partition coefficient (Wildman–Crippen LogP) is 3.72. The summed E-state index contributed by atoms with van der Waals surface area (Å²) in [5.74, 6) is 1.50. The van der Waals surface area contributed by atoms with Gasteiger partial charge in [-0.15, -0.1) is 0 Å². The van der Waals surface area contributed by atoms with Gasteiger partial charge < -0.3 is 24.9 Å². The molecule has 9 heteroatoms. The Labute approximate surface area is 196 Å². The lowest BCUT2D eigenvalue weighted by Crippen LogP contribution is -2.39. The standard InChI is InChI=1S/C25H25N5O4/c1-15(31)20-10-7-17(13-33-20)30-25-22-19(12-27-24(22)28-14-29-25)23(32)16-5-8-18(9-6-16)34-21-4-2-3-11-26-21/h2-6,8-9,11-12,14-15,17,20,31H,7,10,13H2,1H3,(H2,27,28,29,30)/t15?,17-,20+/m1/s1. The second-order valence-corrected chi connectivity index (χ2v) is 8.30. The number of fused-ring (bicyclic) bond motifs is 1. The Morgan fingerprint density at radius 2 is 2.03 bits per heavy atom. The summed E-state index contributed by atoms with van der Waals surface area (Å²) in [6.45, 7) is 2.19. The fraction of sp³-hybridized carbons (Fsp3) is 0.280. The molecule has 34 heavy (non-hydrogen) atoms. The molecule has 4 heterocycles. The Balaban J connectivity index is 1.35. The van der Waals surface area contributed by atoms with Crippen molar-refractivity contribution < 1.29 is 19.4 Å². The number of ketones is 1. The van der Waals surface area contributed by atoms with E-state index in [0.717, 1.165) is 12.8 Å². The van der Waals surface area contributed by atoms with E-state index in [4.69, 9.17) is 9.47 Å². The van der Waals surface area contributed by atoms with E-state index >= 15 is 0 Å². The van der Waals surface area contributed by atoms with Crippen molar-refractivity contribution >= 4 is 22.6 Å². The van der Waals surface area contributed by atoms with Crippen LogP contribution in [-0.4, -0.2) is 55.7 Å². The molecular formula is C25H25N5O4. The molecule has 3 atom stereocenters. The Morgan fingerprint density at radius 3 is 2.74 bits per heavy atom. The van der Waals surface area contributed by atoms with Gasteiger partial charge in [0.1, 0.15) is 23.5 Å². The average Bonchev–Trinajstić information content (AvgIpc) is 3.30. The summed E-state index contributed by atoms with van der Waals surface area (Å²) in [7, 11) is 0. The first-order valence-electron chi connectivity index (χ1n) is 11.2. The molecular weight excluding hydrogens is 434 g/mol. The maximum absolute atomic E-state index is 13.3. The Bertz CT molecular complexity index is 1270. The molecule has 0 amide bonds. The van der Waals surface area contributed by atoms with Gasteiger partial charge in [0.15, 0.2) is 5.78 Å². The van der Waals surface area contributed by atoms with E-state index in [1.165, 1.54) is 6.33 Å². The van der Waals surface area contributed by atoms with E-state index in [-0.39, 0.29) is 17.9 Å². The topological polar surface area (TPSA) is 122 Å². The van der Waals surface area contributed by atoms with Crippen molar-refractivity contribution in [1.29, 1.82) is 0 Å². The second kappa shape index (κ2) is 9.58. The highest BCUT2D eigenvalue weighted by atomic mass is 16.5. The minimum Gasteiger partial charge on any atom is -0.439 e. The lowest BCUT2D eigenvalue weighted by atomic mass is 10.0. The SMILES string of the molecule is CC(O)[C@@H]1CC[C@@H](Nc2ncnc3[nH]cc(C(=O)c4ccc(Oc5ccccn5)cc4)c23)CO1. The highest BCUT2D eigenvalue weighted by molar-refractivity contribution is 6.18. The summed E-state index contributed by atoms with van der Waals surface area (Å²) >= 11 is 0. The minimum absolute atomic E-state index is 0.0222. The Kier molecular flexibility index (Phi) is 6.20. The van der Waals surface area contributed by atoms with Crippen LogP contribution in [0.1, 0.15) is 35.7 Å². The number of aromatic amines is 1. The fourth-order valence-corrected chi connectivity index (χ4v) is 4.07. The van der Waals surface area contributed by atoms with Gasteiger partial charge in [-0.25, -0.2) is 15.0 Å². The Morgan fingerprint density at radius 1 is 1.18 bits per heavy atom. The van der Waals surface area contributed by atoms with Gasteiger partial charge in [0.05, 0.1) is 35.8 Å². The van der Waals surface area contributed by atoms with E-state index in [1.807, 2.05) is 12.1 Å². The quantitative estimate of drug-likeness (QED) is 0.358. The molecule has 0 saturated carbocycles. The van der Waals surface area contributed by atoms with Gasteiger partial charge in [0.25, 0.3) is 0 Å². The maximum Gasteiger partial charge on any atom is 0.219 e. The lowest BCUT2D eigenvalue weighted by Gasteiger charge is -2.31. The van der Waals surface area contributed by atoms with Gasteiger partial charge in [-0.05, 0) is 50.1 Å². The zero-order valence-corrected chi connectivity index (χ0v) is 18.6. The third-order valence-corrected chi connectivity index (χ3v) is 5.88. The van der Waals surface area contributed by atoms with Gasteiger partial charge in [-0.3, -0.25) is 4.79 Å². The van der Waals surface area contributed by atoms with Gasteiger partial charge in [0, 0.05) is 24.0 Å². The molecule has 0 spiro atoms. The maximum atomic E-state index is 13.3. The molecule has 1 aliphatic rings. The van der Waals surface area contributed by atoms with Gasteiger partial charge in [0.2, 0.25) is 5.88 Å². The fourth-order valence-electron chi connectivity index (χ4n) is 4.07. The molecule has 0 aliphatic carbocycles. The first-order chi connectivity index (χ1) is 16.6. The van der Waals surface area contributed by atoms with Crippen LogP contribution in [0.3, 0.4) is 0 Å². The number of aliphatic hydroxyl groups excluding tert-OH is 1. The normalized spacial score (nSPS) is 19.0. The summed E-state index contributed by atoms with van der Waals surface area (Å²) in [6, 6.07) is 12.4. The minimum atomic E-state index is -0.499. The molecule has 0 radical (unpaired) electrons. The van der Waals surface area contributed by atoms with Gasteiger partial charge >= 0.3 is 0 Å². The van der Waals surface area contributed by atoms with E-state index in [2.05, 4.69) is 25.3 Å². The molecule has 1 unspecified atom stereocenters. The number of anilines is 1. The molecule has 174 valence electrons. The Hall–Kier alpha value is -3.82. The molecule has 1 fully saturated rings. The van der Waals surface area contributed by atoms with E-state index in [0.29, 0.717) is 46.2 Å². The number of benzene rings is 1. The number of H-pyrrole nitrogens is 1. The number of nitrogens with zero attached hydrogens (tertiary/aromatic N) is 3. The third-order valence-electron chi connectivity index (χ3n) is 5.88. The van der Waals surface area contributed by atoms with E-state index in [9.17, 15) is 9.90 Å². The number of pyridine rings is 1. The molecule has 3 aromatic heterocycles. The van der Waals surface area contributed by atoms with Crippen molar-refractivity contribution in [3.8, 4) is 11.6 Å². The summed E-state index contributed by atoms with van der Waals surface area (Å²) in [5, 5.41) is 13.8. The van der Waals surface area contributed by atoms with Crippen LogP contribution >= 0.6 is 0 Å². The monoisotopic (exact) mass is 459 g/mol. The lowest BCUT2D eigenvalue weighted by molar-refractivity contribution is -0.0584. The number of nitrogens with one attached hydrogen (secondary N) is 2. The van der Waals surface area contributed by atoms with Crippen LogP contribution in [0.25, 0.3) is 11.0 Å². The van der Waals surface area contributed by atoms with Gasteiger partial charge in [-0.2, -0.15) is 0 Å². The second-order valence-electron chi connectivity index (χ2n) is 8.30. The number of carbonyl (C=O) groups excluding carboxylic acids is 1. The van der Waals surface area contributed by atoms with Crippen molar-refractivity contribution in [1.82, 2.24) is 19.9 Å². The molecule has 4 aromatic rings. The highest BCUT2D eigenvalue weighted by Gasteiger charge is 2.26. The number of ether oxygens (including phenoxy) is 2. The van der Waals surface area contributed by atoms with Gasteiger partial charge in [-0.1, -0.05) is 6.07 Å². The summed E-state index contributed by atoms with van der Waals surface area (Å²) < 4.78 is 11.5. The van der Waals surface area contributed by atoms with Crippen molar-refractivity contribution in [3.05, 3.63) is 72.3 Å². The first-order valence-corrected chi connectivity index (χ1v) is 11.2. The summed E-state index contributed by atoms with van der Waals surface area (Å²) in [5.41, 5.74) is 1.58. The van der Waals surface area contributed by atoms with E-state index in [1.54, 1.807) is 49.6 Å². The number of aliphatic hydroxyl groups is 1. The average molecular weight is 460 g/mol. The summed E-state index contributed by atoms with van der Waals surface area (Å²) in [4.78, 5) is 29.2. The highest BCUT2D eigenvalue weighted by Crippen LogP contribution is 2.28. The molecule has 3 N–H and O–H groups in total. The molecule has 1 aliphatic heterocycles. The van der Waals surface area contributed by atoms with Crippen LogP contribution in [0.2, 0.25) is 0 Å². The molecule has 1 aromatic carbocycles. The molecule has 5 rings (SSSR count).